The van der Waals surface area contributed by atoms with Gasteiger partial charge in [0, 0.05) is 11.3 Å². The number of halogens is 1. The third-order valence-electron chi connectivity index (χ3n) is 2.03. The lowest BCUT2D eigenvalue weighted by Crippen LogP contribution is -2.27. The van der Waals surface area contributed by atoms with E-state index in [1.807, 2.05) is 6.26 Å². The molecule has 1 aromatic rings. The first-order chi connectivity index (χ1) is 6.96. The zero-order valence-corrected chi connectivity index (χ0v) is 10.5. The summed E-state index contributed by atoms with van der Waals surface area (Å²) in [5, 5.41) is 3.17. The maximum atomic E-state index is 11.2. The highest BCUT2D eigenvalue weighted by molar-refractivity contribution is 7.99. The van der Waals surface area contributed by atoms with Crippen molar-refractivity contribution >= 4 is 29.2 Å². The molecule has 0 bridgehead atoms. The molecule has 1 rings (SSSR count). The van der Waals surface area contributed by atoms with Crippen molar-refractivity contribution in [3.8, 4) is 0 Å². The number of thioether (sulfide) groups is 1. The highest BCUT2D eigenvalue weighted by atomic mass is 35.5. The van der Waals surface area contributed by atoms with Crippen LogP contribution in [0.15, 0.2) is 11.1 Å². The summed E-state index contributed by atoms with van der Waals surface area (Å²) < 4.78 is 0.0770. The van der Waals surface area contributed by atoms with Gasteiger partial charge in [-0.3, -0.25) is 4.79 Å². The predicted octanol–water partition coefficient (Wildman–Crippen LogP) is 1.98. The molecule has 4 nitrogen and oxygen atoms in total. The van der Waals surface area contributed by atoms with Gasteiger partial charge in [0.15, 0.2) is 5.82 Å². The van der Waals surface area contributed by atoms with Crippen LogP contribution in [0.5, 0.6) is 0 Å². The van der Waals surface area contributed by atoms with E-state index in [4.69, 9.17) is 11.6 Å². The highest BCUT2D eigenvalue weighted by Gasteiger charge is 2.16. The fourth-order valence-electron chi connectivity index (χ4n) is 0.875. The minimum atomic E-state index is -0.323. The first kappa shape index (κ1) is 12.4. The summed E-state index contributed by atoms with van der Waals surface area (Å²) >= 11 is 7.53. The van der Waals surface area contributed by atoms with Crippen molar-refractivity contribution in [2.45, 2.75) is 18.6 Å². The summed E-state index contributed by atoms with van der Waals surface area (Å²) in [5.41, 5.74) is -0.323. The van der Waals surface area contributed by atoms with Gasteiger partial charge in [0.05, 0.1) is 6.33 Å². The Labute approximate surface area is 97.8 Å². The summed E-state index contributed by atoms with van der Waals surface area (Å²) in [6, 6.07) is 0. The molecule has 1 aromatic heterocycles. The number of rotatable bonds is 4. The van der Waals surface area contributed by atoms with Crippen LogP contribution < -0.4 is 10.9 Å². The van der Waals surface area contributed by atoms with Gasteiger partial charge in [0.2, 0.25) is 0 Å². The molecule has 0 spiro atoms. The van der Waals surface area contributed by atoms with E-state index in [1.165, 1.54) is 6.33 Å². The third-order valence-corrected chi connectivity index (χ3v) is 3.63. The number of nitrogens with zero attached hydrogens (tertiary/aromatic N) is 1. The normalized spacial score (nSPS) is 11.5. The smallest absolute Gasteiger partial charge is 0.271 e. The largest absolute Gasteiger partial charge is 0.367 e. The van der Waals surface area contributed by atoms with Crippen LogP contribution in [0.1, 0.15) is 13.8 Å². The molecule has 0 unspecified atom stereocenters. The summed E-state index contributed by atoms with van der Waals surface area (Å²) in [6.45, 7) is 4.90. The molecule has 1 heterocycles. The lowest BCUT2D eigenvalue weighted by atomic mass is 10.2. The Hall–Kier alpha value is -0.680. The van der Waals surface area contributed by atoms with E-state index < -0.39 is 0 Å². The molecular weight excluding hydrogens is 234 g/mol. The van der Waals surface area contributed by atoms with E-state index in [0.29, 0.717) is 12.4 Å². The summed E-state index contributed by atoms with van der Waals surface area (Å²) in [7, 11) is 0. The number of nitrogens with one attached hydrogen (secondary N) is 2. The minimum Gasteiger partial charge on any atom is -0.367 e. The SMILES string of the molecule is CSC(C)(C)CNc1nc[nH]c(=O)c1Cl. The average molecular weight is 248 g/mol. The molecule has 2 N–H and O–H groups in total. The van der Waals surface area contributed by atoms with Crippen molar-refractivity contribution in [2.24, 2.45) is 0 Å². The second-order valence-corrected chi connectivity index (χ2v) is 5.60. The summed E-state index contributed by atoms with van der Waals surface area (Å²) in [4.78, 5) is 17.5. The van der Waals surface area contributed by atoms with Gasteiger partial charge < -0.3 is 10.3 Å². The van der Waals surface area contributed by atoms with Crippen molar-refractivity contribution < 1.29 is 0 Å². The van der Waals surface area contributed by atoms with Crippen molar-refractivity contribution in [3.63, 3.8) is 0 Å². The molecule has 15 heavy (non-hydrogen) atoms. The van der Waals surface area contributed by atoms with Crippen LogP contribution in [0.4, 0.5) is 5.82 Å². The molecular formula is C9H14ClN3OS. The first-order valence-corrected chi connectivity index (χ1v) is 6.09. The topological polar surface area (TPSA) is 57.8 Å². The number of hydrogen-bond acceptors (Lipinski definition) is 4. The van der Waals surface area contributed by atoms with Crippen LogP contribution in [-0.4, -0.2) is 27.5 Å². The van der Waals surface area contributed by atoms with E-state index in [-0.39, 0.29) is 15.3 Å². The molecule has 0 aliphatic carbocycles. The predicted molar refractivity (Wildman–Crippen MR) is 66.0 cm³/mol. The minimum absolute atomic E-state index is 0.0770. The van der Waals surface area contributed by atoms with Crippen LogP contribution in [-0.2, 0) is 0 Å². The number of aromatic nitrogens is 2. The van der Waals surface area contributed by atoms with Gasteiger partial charge in [-0.1, -0.05) is 11.6 Å². The second kappa shape index (κ2) is 4.90. The Morgan fingerprint density at radius 1 is 1.67 bits per heavy atom. The molecule has 0 atom stereocenters. The Kier molecular flexibility index (Phi) is 4.04. The van der Waals surface area contributed by atoms with E-state index >= 15 is 0 Å². The van der Waals surface area contributed by atoms with E-state index in [2.05, 4.69) is 29.1 Å². The summed E-state index contributed by atoms with van der Waals surface area (Å²) in [6.07, 6.45) is 3.37. The maximum Gasteiger partial charge on any atom is 0.271 e. The van der Waals surface area contributed by atoms with Crippen LogP contribution >= 0.6 is 23.4 Å². The monoisotopic (exact) mass is 247 g/mol. The lowest BCUT2D eigenvalue weighted by Gasteiger charge is -2.22. The Morgan fingerprint density at radius 2 is 2.33 bits per heavy atom. The van der Waals surface area contributed by atoms with Gasteiger partial charge in [-0.2, -0.15) is 11.8 Å². The quantitative estimate of drug-likeness (QED) is 0.854. The first-order valence-electron chi connectivity index (χ1n) is 4.48. The number of anilines is 1. The van der Waals surface area contributed by atoms with Crippen molar-refractivity contribution in [1.29, 1.82) is 0 Å². The molecule has 84 valence electrons. The fourth-order valence-corrected chi connectivity index (χ4v) is 1.26. The van der Waals surface area contributed by atoms with Crippen molar-refractivity contribution in [3.05, 3.63) is 21.7 Å². The zero-order valence-electron chi connectivity index (χ0n) is 8.93. The lowest BCUT2D eigenvalue weighted by molar-refractivity contribution is 0.749. The molecule has 0 amide bonds. The van der Waals surface area contributed by atoms with Crippen molar-refractivity contribution in [2.75, 3.05) is 18.1 Å². The van der Waals surface area contributed by atoms with Crippen LogP contribution in [0.25, 0.3) is 0 Å². The molecule has 0 aromatic carbocycles. The third kappa shape index (κ3) is 3.43. The summed E-state index contributed by atoms with van der Waals surface area (Å²) in [5.74, 6) is 0.433. The van der Waals surface area contributed by atoms with Crippen molar-refractivity contribution in [1.82, 2.24) is 9.97 Å². The van der Waals surface area contributed by atoms with Gasteiger partial charge in [-0.05, 0) is 20.1 Å². The molecule has 0 aliphatic rings. The molecule has 0 saturated carbocycles. The van der Waals surface area contributed by atoms with E-state index in [1.54, 1.807) is 11.8 Å². The molecule has 6 heteroatoms. The van der Waals surface area contributed by atoms with E-state index in [0.717, 1.165) is 0 Å². The van der Waals surface area contributed by atoms with Gasteiger partial charge in [0.1, 0.15) is 5.02 Å². The highest BCUT2D eigenvalue weighted by Crippen LogP contribution is 2.22. The van der Waals surface area contributed by atoms with Crippen LogP contribution in [0.3, 0.4) is 0 Å². The molecule has 0 radical (unpaired) electrons. The molecule has 0 aliphatic heterocycles. The fraction of sp³-hybridized carbons (Fsp3) is 0.556. The maximum absolute atomic E-state index is 11.2. The average Bonchev–Trinajstić information content (AvgIpc) is 2.20. The standard InChI is InChI=1S/C9H14ClN3OS/c1-9(2,15-3)4-11-7-6(10)8(14)13-5-12-7/h5H,4H2,1-3H3,(H2,11,12,13,14). The van der Waals surface area contributed by atoms with Crippen LogP contribution in [0, 0.1) is 0 Å². The molecule has 0 fully saturated rings. The van der Waals surface area contributed by atoms with Gasteiger partial charge in [0.25, 0.3) is 5.56 Å². The Bertz CT molecular complexity index is 391. The van der Waals surface area contributed by atoms with Gasteiger partial charge >= 0.3 is 0 Å². The number of aromatic amines is 1. The van der Waals surface area contributed by atoms with Gasteiger partial charge in [-0.15, -0.1) is 0 Å². The van der Waals surface area contributed by atoms with Crippen LogP contribution in [0.2, 0.25) is 5.02 Å². The van der Waals surface area contributed by atoms with Gasteiger partial charge in [-0.25, -0.2) is 4.98 Å². The van der Waals surface area contributed by atoms with E-state index in [9.17, 15) is 4.79 Å². The molecule has 0 saturated heterocycles. The second-order valence-electron chi connectivity index (χ2n) is 3.71. The number of H-pyrrole nitrogens is 1. The zero-order chi connectivity index (χ0) is 11.5. The Morgan fingerprint density at radius 3 is 2.93 bits per heavy atom. The Balaban J connectivity index is 2.74. The number of hydrogen-bond donors (Lipinski definition) is 2.